The lowest BCUT2D eigenvalue weighted by atomic mass is 10.1. The van der Waals surface area contributed by atoms with E-state index in [1.807, 2.05) is 0 Å². The van der Waals surface area contributed by atoms with Crippen LogP contribution in [0.1, 0.15) is 11.1 Å². The molecule has 0 radical (unpaired) electrons. The number of halogens is 2. The van der Waals surface area contributed by atoms with Crippen LogP contribution in [0, 0.1) is 10.1 Å². The van der Waals surface area contributed by atoms with E-state index in [1.165, 1.54) is 13.2 Å². The highest BCUT2D eigenvalue weighted by molar-refractivity contribution is 6.18. The van der Waals surface area contributed by atoms with Gasteiger partial charge < -0.3 is 4.74 Å². The predicted molar refractivity (Wildman–Crippen MR) is 58.8 cm³/mol. The van der Waals surface area contributed by atoms with Crippen molar-refractivity contribution in [2.45, 2.75) is 11.8 Å². The first kappa shape index (κ1) is 12.1. The minimum atomic E-state index is -0.479. The Labute approximate surface area is 96.9 Å². The molecule has 1 rings (SSSR count). The predicted octanol–water partition coefficient (Wildman–Crippen LogP) is 3.08. The molecule has 0 amide bonds. The molecular formula is C9H9Cl2NO3. The third-order valence-electron chi connectivity index (χ3n) is 1.97. The number of alkyl halides is 2. The van der Waals surface area contributed by atoms with Crippen LogP contribution in [-0.2, 0) is 11.8 Å². The summed E-state index contributed by atoms with van der Waals surface area (Å²) in [5.41, 5.74) is 0.980. The first-order valence-corrected chi connectivity index (χ1v) is 5.17. The van der Waals surface area contributed by atoms with E-state index in [4.69, 9.17) is 27.9 Å². The lowest BCUT2D eigenvalue weighted by Crippen LogP contribution is -1.98. The van der Waals surface area contributed by atoms with Gasteiger partial charge in [0.15, 0.2) is 0 Å². The first-order chi connectivity index (χ1) is 7.13. The number of benzene rings is 1. The summed E-state index contributed by atoms with van der Waals surface area (Å²) in [5, 5.41) is 10.7. The van der Waals surface area contributed by atoms with Crippen LogP contribution in [0.4, 0.5) is 5.69 Å². The van der Waals surface area contributed by atoms with Crippen molar-refractivity contribution in [3.05, 3.63) is 33.4 Å². The number of hydrogen-bond acceptors (Lipinski definition) is 3. The van der Waals surface area contributed by atoms with Gasteiger partial charge in [-0.25, -0.2) is 0 Å². The molecule has 4 nitrogen and oxygen atoms in total. The molecule has 0 aliphatic heterocycles. The normalized spacial score (nSPS) is 10.1. The van der Waals surface area contributed by atoms with Gasteiger partial charge in [0.1, 0.15) is 5.75 Å². The molecule has 0 N–H and O–H groups in total. The van der Waals surface area contributed by atoms with Crippen molar-refractivity contribution in [3.8, 4) is 5.75 Å². The van der Waals surface area contributed by atoms with Crippen LogP contribution in [0.5, 0.6) is 5.75 Å². The minimum Gasteiger partial charge on any atom is -0.496 e. The summed E-state index contributed by atoms with van der Waals surface area (Å²) in [4.78, 5) is 10.2. The van der Waals surface area contributed by atoms with Gasteiger partial charge in [-0.15, -0.1) is 23.2 Å². The molecule has 6 heteroatoms. The Morgan fingerprint density at radius 1 is 1.33 bits per heavy atom. The summed E-state index contributed by atoms with van der Waals surface area (Å²) in [7, 11) is 1.48. The molecular weight excluding hydrogens is 241 g/mol. The van der Waals surface area contributed by atoms with Gasteiger partial charge in [-0.1, -0.05) is 0 Å². The Hall–Kier alpha value is -1.00. The molecule has 0 spiro atoms. The lowest BCUT2D eigenvalue weighted by molar-refractivity contribution is -0.385. The van der Waals surface area contributed by atoms with Gasteiger partial charge in [0.2, 0.25) is 0 Å². The van der Waals surface area contributed by atoms with Gasteiger partial charge >= 0.3 is 0 Å². The Bertz CT molecular complexity index is 382. The van der Waals surface area contributed by atoms with Crippen molar-refractivity contribution in [1.82, 2.24) is 0 Å². The molecule has 0 aromatic heterocycles. The van der Waals surface area contributed by atoms with Crippen LogP contribution in [0.3, 0.4) is 0 Å². The molecule has 0 saturated heterocycles. The summed E-state index contributed by atoms with van der Waals surface area (Å²) in [5.74, 6) is 0.744. The molecule has 82 valence electrons. The Morgan fingerprint density at radius 3 is 2.33 bits per heavy atom. The maximum absolute atomic E-state index is 10.7. The van der Waals surface area contributed by atoms with Gasteiger partial charge in [0, 0.05) is 17.2 Å². The molecule has 0 heterocycles. The number of methoxy groups -OCH3 is 1. The van der Waals surface area contributed by atoms with Gasteiger partial charge in [-0.05, 0) is 6.07 Å². The van der Waals surface area contributed by atoms with E-state index >= 15 is 0 Å². The fraction of sp³-hybridized carbons (Fsp3) is 0.333. The van der Waals surface area contributed by atoms with Crippen LogP contribution in [0.2, 0.25) is 0 Å². The third-order valence-corrected chi connectivity index (χ3v) is 2.54. The molecule has 0 atom stereocenters. The highest BCUT2D eigenvalue weighted by atomic mass is 35.5. The molecule has 0 aliphatic rings. The topological polar surface area (TPSA) is 52.4 Å². The van der Waals surface area contributed by atoms with Crippen molar-refractivity contribution in [2.75, 3.05) is 7.11 Å². The van der Waals surface area contributed by atoms with E-state index in [0.717, 1.165) is 0 Å². The second-order valence-electron chi connectivity index (χ2n) is 2.82. The van der Waals surface area contributed by atoms with Gasteiger partial charge in [-0.3, -0.25) is 10.1 Å². The largest absolute Gasteiger partial charge is 0.496 e. The third kappa shape index (κ3) is 2.52. The average Bonchev–Trinajstić information content (AvgIpc) is 2.26. The van der Waals surface area contributed by atoms with E-state index < -0.39 is 4.92 Å². The molecule has 0 aliphatic carbocycles. The van der Waals surface area contributed by atoms with Gasteiger partial charge in [-0.2, -0.15) is 0 Å². The smallest absolute Gasteiger partial charge is 0.274 e. The van der Waals surface area contributed by atoms with E-state index in [-0.39, 0.29) is 17.4 Å². The van der Waals surface area contributed by atoms with Crippen LogP contribution in [0.25, 0.3) is 0 Å². The number of ether oxygens (including phenoxy) is 1. The van der Waals surface area contributed by atoms with Gasteiger partial charge in [0.05, 0.1) is 23.8 Å². The van der Waals surface area contributed by atoms with Gasteiger partial charge in [0.25, 0.3) is 5.69 Å². The second-order valence-corrected chi connectivity index (χ2v) is 3.35. The van der Waals surface area contributed by atoms with E-state index in [0.29, 0.717) is 16.9 Å². The second kappa shape index (κ2) is 5.19. The highest BCUT2D eigenvalue weighted by Crippen LogP contribution is 2.30. The van der Waals surface area contributed by atoms with Crippen molar-refractivity contribution < 1.29 is 9.66 Å². The van der Waals surface area contributed by atoms with E-state index in [1.54, 1.807) is 6.07 Å². The Morgan fingerprint density at radius 2 is 1.93 bits per heavy atom. The molecule has 1 aromatic rings. The zero-order valence-corrected chi connectivity index (χ0v) is 9.51. The SMILES string of the molecule is COc1cc(CCl)c([N+](=O)[O-])cc1CCl. The number of rotatable bonds is 4. The average molecular weight is 250 g/mol. The molecule has 0 unspecified atom stereocenters. The monoisotopic (exact) mass is 249 g/mol. The number of nitro groups is 1. The standard InChI is InChI=1S/C9H9Cl2NO3/c1-15-9-3-6(4-10)8(12(13)14)2-7(9)5-11/h2-3H,4-5H2,1H3. The Balaban J connectivity index is 3.34. The first-order valence-electron chi connectivity index (χ1n) is 4.10. The molecule has 15 heavy (non-hydrogen) atoms. The van der Waals surface area contributed by atoms with Crippen molar-refractivity contribution in [2.24, 2.45) is 0 Å². The maximum Gasteiger partial charge on any atom is 0.274 e. The summed E-state index contributed by atoms with van der Waals surface area (Å²) < 4.78 is 5.05. The summed E-state index contributed by atoms with van der Waals surface area (Å²) in [6.07, 6.45) is 0. The molecule has 0 fully saturated rings. The van der Waals surface area contributed by atoms with E-state index in [9.17, 15) is 10.1 Å². The van der Waals surface area contributed by atoms with E-state index in [2.05, 4.69) is 0 Å². The zero-order valence-electron chi connectivity index (χ0n) is 8.00. The number of nitrogens with zero attached hydrogens (tertiary/aromatic N) is 1. The summed E-state index contributed by atoms with van der Waals surface area (Å²) >= 11 is 11.3. The Kier molecular flexibility index (Phi) is 4.17. The minimum absolute atomic E-state index is 0.0264. The fourth-order valence-electron chi connectivity index (χ4n) is 1.23. The van der Waals surface area contributed by atoms with Crippen LogP contribution in [-0.4, -0.2) is 12.0 Å². The molecule has 1 aromatic carbocycles. The lowest BCUT2D eigenvalue weighted by Gasteiger charge is -2.08. The van der Waals surface area contributed by atoms with Crippen molar-refractivity contribution in [1.29, 1.82) is 0 Å². The molecule has 0 saturated carbocycles. The van der Waals surface area contributed by atoms with Crippen LogP contribution >= 0.6 is 23.2 Å². The van der Waals surface area contributed by atoms with Crippen LogP contribution in [0.15, 0.2) is 12.1 Å². The molecule has 0 bridgehead atoms. The van der Waals surface area contributed by atoms with Crippen molar-refractivity contribution >= 4 is 28.9 Å². The highest BCUT2D eigenvalue weighted by Gasteiger charge is 2.17. The number of nitro benzene ring substituents is 1. The zero-order chi connectivity index (χ0) is 11.4. The van der Waals surface area contributed by atoms with Crippen molar-refractivity contribution in [3.63, 3.8) is 0 Å². The van der Waals surface area contributed by atoms with Crippen LogP contribution < -0.4 is 4.74 Å². The number of hydrogen-bond donors (Lipinski definition) is 0. The maximum atomic E-state index is 10.7. The summed E-state index contributed by atoms with van der Waals surface area (Å²) in [6.45, 7) is 0. The quantitative estimate of drug-likeness (QED) is 0.468. The summed E-state index contributed by atoms with van der Waals surface area (Å²) in [6, 6.07) is 2.94. The fourth-order valence-corrected chi connectivity index (χ4v) is 1.65.